The van der Waals surface area contributed by atoms with E-state index in [1.807, 2.05) is 45.9 Å². The zero-order valence-corrected chi connectivity index (χ0v) is 9.24. The van der Waals surface area contributed by atoms with Gasteiger partial charge in [-0.05, 0) is 25.2 Å². The summed E-state index contributed by atoms with van der Waals surface area (Å²) in [6.45, 7) is 8.01. The molecule has 1 aliphatic carbocycles. The van der Waals surface area contributed by atoms with Crippen LogP contribution in [0.25, 0.3) is 0 Å². The molecule has 0 radical (unpaired) electrons. The number of carbonyl (C=O) groups is 1. The molecule has 0 spiro atoms. The van der Waals surface area contributed by atoms with E-state index in [1.165, 1.54) is 5.57 Å². The van der Waals surface area contributed by atoms with Gasteiger partial charge in [-0.2, -0.15) is 0 Å². The van der Waals surface area contributed by atoms with Crippen LogP contribution in [-0.2, 0) is 4.79 Å². The summed E-state index contributed by atoms with van der Waals surface area (Å²) in [6, 6.07) is 0. The van der Waals surface area contributed by atoms with Gasteiger partial charge in [-0.15, -0.1) is 0 Å². The molecule has 0 aromatic heterocycles. The van der Waals surface area contributed by atoms with E-state index in [0.29, 0.717) is 0 Å². The van der Waals surface area contributed by atoms with Crippen molar-refractivity contribution in [1.82, 2.24) is 0 Å². The van der Waals surface area contributed by atoms with E-state index >= 15 is 0 Å². The van der Waals surface area contributed by atoms with Crippen LogP contribution in [0.1, 0.15) is 27.7 Å². The number of rotatable bonds is 3. The molecule has 1 saturated carbocycles. The van der Waals surface area contributed by atoms with Crippen LogP contribution in [0.2, 0.25) is 0 Å². The lowest BCUT2D eigenvalue weighted by Gasteiger charge is -1.96. The third-order valence-electron chi connectivity index (χ3n) is 3.20. The van der Waals surface area contributed by atoms with Gasteiger partial charge in [-0.1, -0.05) is 37.6 Å². The standard InChI is InChI=1S/C12H18O2/c1-5-8(2)6-7-9-10(11(13)14)12(9,3)4/h5-7,9-10H,1-4H3,(H,13,14). The molecule has 1 N–H and O–H groups in total. The summed E-state index contributed by atoms with van der Waals surface area (Å²) in [5, 5.41) is 8.93. The van der Waals surface area contributed by atoms with E-state index < -0.39 is 5.97 Å². The summed E-state index contributed by atoms with van der Waals surface area (Å²) < 4.78 is 0. The highest BCUT2D eigenvalue weighted by atomic mass is 16.4. The highest BCUT2D eigenvalue weighted by Crippen LogP contribution is 2.59. The molecular formula is C12H18O2. The quantitative estimate of drug-likeness (QED) is 0.701. The zero-order chi connectivity index (χ0) is 10.9. The minimum absolute atomic E-state index is 0.0731. The van der Waals surface area contributed by atoms with Crippen LogP contribution in [0, 0.1) is 17.3 Å². The molecule has 1 aliphatic rings. The van der Waals surface area contributed by atoms with Crippen molar-refractivity contribution in [2.75, 3.05) is 0 Å². The fraction of sp³-hybridized carbons (Fsp3) is 0.583. The Labute approximate surface area is 85.3 Å². The van der Waals surface area contributed by atoms with Crippen molar-refractivity contribution in [1.29, 1.82) is 0 Å². The number of carboxylic acids is 1. The van der Waals surface area contributed by atoms with Gasteiger partial charge in [0.25, 0.3) is 0 Å². The Balaban J connectivity index is 2.66. The van der Waals surface area contributed by atoms with E-state index in [2.05, 4.69) is 0 Å². The Morgan fingerprint density at radius 1 is 1.43 bits per heavy atom. The maximum absolute atomic E-state index is 10.9. The third kappa shape index (κ3) is 1.89. The molecule has 0 bridgehead atoms. The maximum Gasteiger partial charge on any atom is 0.307 e. The number of hydrogen-bond donors (Lipinski definition) is 1. The first kappa shape index (κ1) is 11.0. The molecular weight excluding hydrogens is 176 g/mol. The SMILES string of the molecule is CC=C(C)C=CC1C(C(=O)O)C1(C)C. The Kier molecular flexibility index (Phi) is 2.84. The predicted octanol–water partition coefficient (Wildman–Crippen LogP) is 2.87. The van der Waals surface area contributed by atoms with Crippen LogP contribution in [0.15, 0.2) is 23.8 Å². The van der Waals surface area contributed by atoms with Crippen LogP contribution in [0.5, 0.6) is 0 Å². The van der Waals surface area contributed by atoms with Crippen LogP contribution in [0.3, 0.4) is 0 Å². The largest absolute Gasteiger partial charge is 0.481 e. The number of allylic oxidation sites excluding steroid dienone is 4. The van der Waals surface area contributed by atoms with E-state index in [4.69, 9.17) is 5.11 Å². The maximum atomic E-state index is 10.9. The van der Waals surface area contributed by atoms with Gasteiger partial charge in [-0.3, -0.25) is 4.79 Å². The molecule has 0 saturated heterocycles. The lowest BCUT2D eigenvalue weighted by molar-refractivity contribution is -0.139. The van der Waals surface area contributed by atoms with Crippen molar-refractivity contribution < 1.29 is 9.90 Å². The smallest absolute Gasteiger partial charge is 0.307 e. The monoisotopic (exact) mass is 194 g/mol. The first-order valence-electron chi connectivity index (χ1n) is 4.95. The van der Waals surface area contributed by atoms with Gasteiger partial charge in [0.2, 0.25) is 0 Å². The highest BCUT2D eigenvalue weighted by Gasteiger charge is 2.60. The average Bonchev–Trinajstić information content (AvgIpc) is 2.64. The summed E-state index contributed by atoms with van der Waals surface area (Å²) in [4.78, 5) is 10.9. The highest BCUT2D eigenvalue weighted by molar-refractivity contribution is 5.76. The van der Waals surface area contributed by atoms with Gasteiger partial charge in [0.1, 0.15) is 0 Å². The summed E-state index contributed by atoms with van der Waals surface area (Å²) >= 11 is 0. The fourth-order valence-electron chi connectivity index (χ4n) is 1.86. The fourth-order valence-corrected chi connectivity index (χ4v) is 1.86. The van der Waals surface area contributed by atoms with Crippen molar-refractivity contribution in [3.05, 3.63) is 23.8 Å². The third-order valence-corrected chi connectivity index (χ3v) is 3.20. The number of aliphatic carboxylic acids is 1. The first-order valence-corrected chi connectivity index (χ1v) is 4.95. The van der Waals surface area contributed by atoms with E-state index in [0.717, 1.165) is 0 Å². The molecule has 0 aromatic rings. The van der Waals surface area contributed by atoms with Gasteiger partial charge in [0.15, 0.2) is 0 Å². The topological polar surface area (TPSA) is 37.3 Å². The Morgan fingerprint density at radius 2 is 2.00 bits per heavy atom. The van der Waals surface area contributed by atoms with Crippen LogP contribution in [0.4, 0.5) is 0 Å². The minimum atomic E-state index is -0.678. The first-order chi connectivity index (χ1) is 6.41. The van der Waals surface area contributed by atoms with Crippen LogP contribution < -0.4 is 0 Å². The summed E-state index contributed by atoms with van der Waals surface area (Å²) in [5.74, 6) is -0.693. The number of carboxylic acid groups (broad SMARTS) is 1. The van der Waals surface area contributed by atoms with Crippen molar-refractivity contribution in [3.8, 4) is 0 Å². The van der Waals surface area contributed by atoms with Gasteiger partial charge >= 0.3 is 5.97 Å². The second-order valence-electron chi connectivity index (χ2n) is 4.55. The predicted molar refractivity (Wildman–Crippen MR) is 57.0 cm³/mol. The van der Waals surface area contributed by atoms with Crippen LogP contribution in [-0.4, -0.2) is 11.1 Å². The van der Waals surface area contributed by atoms with Gasteiger partial charge in [0, 0.05) is 0 Å². The van der Waals surface area contributed by atoms with E-state index in [9.17, 15) is 4.79 Å². The zero-order valence-electron chi connectivity index (χ0n) is 9.24. The van der Waals surface area contributed by atoms with Gasteiger partial charge in [0.05, 0.1) is 5.92 Å². The molecule has 78 valence electrons. The molecule has 0 heterocycles. The van der Waals surface area contributed by atoms with Crippen molar-refractivity contribution in [2.24, 2.45) is 17.3 Å². The molecule has 0 aromatic carbocycles. The molecule has 0 amide bonds. The Morgan fingerprint density at radius 3 is 2.36 bits per heavy atom. The van der Waals surface area contributed by atoms with Crippen molar-refractivity contribution in [2.45, 2.75) is 27.7 Å². The molecule has 14 heavy (non-hydrogen) atoms. The Hall–Kier alpha value is -1.05. The molecule has 0 aliphatic heterocycles. The normalized spacial score (nSPS) is 30.7. The minimum Gasteiger partial charge on any atom is -0.481 e. The molecule has 2 atom stereocenters. The summed E-state index contributed by atoms with van der Waals surface area (Å²) in [6.07, 6.45) is 6.05. The molecule has 2 heteroatoms. The lowest BCUT2D eigenvalue weighted by Crippen LogP contribution is -2.02. The summed E-state index contributed by atoms with van der Waals surface area (Å²) in [5.41, 5.74) is 1.10. The molecule has 1 rings (SSSR count). The number of hydrogen-bond acceptors (Lipinski definition) is 1. The Bertz CT molecular complexity index is 297. The average molecular weight is 194 g/mol. The van der Waals surface area contributed by atoms with Gasteiger partial charge < -0.3 is 5.11 Å². The van der Waals surface area contributed by atoms with E-state index in [-0.39, 0.29) is 17.3 Å². The van der Waals surface area contributed by atoms with Crippen molar-refractivity contribution >= 4 is 5.97 Å². The van der Waals surface area contributed by atoms with Crippen molar-refractivity contribution in [3.63, 3.8) is 0 Å². The molecule has 1 fully saturated rings. The molecule has 2 unspecified atom stereocenters. The van der Waals surface area contributed by atoms with Gasteiger partial charge in [-0.25, -0.2) is 0 Å². The second kappa shape index (κ2) is 3.60. The van der Waals surface area contributed by atoms with E-state index in [1.54, 1.807) is 0 Å². The second-order valence-corrected chi connectivity index (χ2v) is 4.55. The lowest BCUT2D eigenvalue weighted by atomic mass is 10.1. The van der Waals surface area contributed by atoms with Crippen LogP contribution >= 0.6 is 0 Å². The summed E-state index contributed by atoms with van der Waals surface area (Å²) in [7, 11) is 0. The molecule has 2 nitrogen and oxygen atoms in total.